The van der Waals surface area contributed by atoms with Crippen LogP contribution in [0.3, 0.4) is 0 Å². The van der Waals surface area contributed by atoms with Crippen molar-refractivity contribution in [3.05, 3.63) is 23.7 Å². The molecule has 0 N–H and O–H groups in total. The lowest BCUT2D eigenvalue weighted by Crippen LogP contribution is -2.00. The van der Waals surface area contributed by atoms with E-state index in [0.29, 0.717) is 18.2 Å². The number of ether oxygens (including phenoxy) is 1. The van der Waals surface area contributed by atoms with Gasteiger partial charge in [0.15, 0.2) is 5.76 Å². The highest BCUT2D eigenvalue weighted by molar-refractivity contribution is 6.28. The molecule has 0 aliphatic carbocycles. The maximum absolute atomic E-state index is 5.72. The van der Waals surface area contributed by atoms with Crippen molar-refractivity contribution >= 4 is 11.6 Å². The Morgan fingerprint density at radius 2 is 2.27 bits per heavy atom. The summed E-state index contributed by atoms with van der Waals surface area (Å²) >= 11 is 5.72. The van der Waals surface area contributed by atoms with Crippen molar-refractivity contribution in [2.45, 2.75) is 6.92 Å². The predicted molar refractivity (Wildman–Crippen MR) is 53.7 cm³/mol. The molecule has 5 nitrogen and oxygen atoms in total. The summed E-state index contributed by atoms with van der Waals surface area (Å²) in [5.74, 6) is 0.892. The van der Waals surface area contributed by atoms with E-state index >= 15 is 0 Å². The normalized spacial score (nSPS) is 10.3. The van der Waals surface area contributed by atoms with Crippen LogP contribution in [-0.2, 0) is 0 Å². The average Bonchev–Trinajstić information content (AvgIpc) is 2.70. The number of hydrogen-bond acceptors (Lipinski definition) is 5. The molecule has 0 atom stereocenters. The van der Waals surface area contributed by atoms with Crippen LogP contribution in [0.15, 0.2) is 22.8 Å². The Morgan fingerprint density at radius 3 is 2.93 bits per heavy atom. The minimum atomic E-state index is 0.0832. The fourth-order valence-electron chi connectivity index (χ4n) is 1.04. The van der Waals surface area contributed by atoms with Gasteiger partial charge in [0.05, 0.1) is 12.9 Å². The molecule has 2 heterocycles. The van der Waals surface area contributed by atoms with Gasteiger partial charge in [-0.25, -0.2) is 0 Å². The van der Waals surface area contributed by atoms with Gasteiger partial charge in [-0.05, 0) is 30.7 Å². The Kier molecular flexibility index (Phi) is 2.82. The molecule has 0 saturated carbocycles. The molecule has 78 valence electrons. The van der Waals surface area contributed by atoms with Gasteiger partial charge in [-0.3, -0.25) is 0 Å². The lowest BCUT2D eigenvalue weighted by molar-refractivity contribution is 0.311. The van der Waals surface area contributed by atoms with Crippen LogP contribution in [0.2, 0.25) is 5.28 Å². The van der Waals surface area contributed by atoms with E-state index in [1.165, 1.54) is 6.26 Å². The van der Waals surface area contributed by atoms with Crippen molar-refractivity contribution in [3.8, 4) is 17.6 Å². The zero-order valence-electron chi connectivity index (χ0n) is 7.98. The molecule has 0 spiro atoms. The fourth-order valence-corrected chi connectivity index (χ4v) is 1.19. The van der Waals surface area contributed by atoms with Crippen LogP contribution in [0.5, 0.6) is 6.01 Å². The summed E-state index contributed by atoms with van der Waals surface area (Å²) in [7, 11) is 0. The van der Waals surface area contributed by atoms with Crippen LogP contribution in [0.1, 0.15) is 6.92 Å². The maximum Gasteiger partial charge on any atom is 0.321 e. The third-order valence-corrected chi connectivity index (χ3v) is 1.77. The Hall–Kier alpha value is -1.62. The van der Waals surface area contributed by atoms with Crippen molar-refractivity contribution in [2.75, 3.05) is 6.61 Å². The molecule has 0 fully saturated rings. The highest BCUT2D eigenvalue weighted by atomic mass is 35.5. The molecule has 0 aliphatic heterocycles. The van der Waals surface area contributed by atoms with Crippen molar-refractivity contribution in [1.82, 2.24) is 15.0 Å². The number of halogens is 1. The molecule has 0 unspecified atom stereocenters. The van der Waals surface area contributed by atoms with Crippen LogP contribution >= 0.6 is 11.6 Å². The summed E-state index contributed by atoms with van der Waals surface area (Å²) in [5.41, 5.74) is 0. The van der Waals surface area contributed by atoms with E-state index in [1.54, 1.807) is 12.1 Å². The largest absolute Gasteiger partial charge is 0.464 e. The van der Waals surface area contributed by atoms with Gasteiger partial charge in [-0.2, -0.15) is 15.0 Å². The van der Waals surface area contributed by atoms with E-state index in [4.69, 9.17) is 20.8 Å². The second-order valence-electron chi connectivity index (χ2n) is 2.62. The first-order chi connectivity index (χ1) is 7.29. The van der Waals surface area contributed by atoms with E-state index < -0.39 is 0 Å². The van der Waals surface area contributed by atoms with Gasteiger partial charge in [-0.1, -0.05) is 0 Å². The summed E-state index contributed by atoms with van der Waals surface area (Å²) in [4.78, 5) is 11.8. The van der Waals surface area contributed by atoms with Gasteiger partial charge in [0, 0.05) is 0 Å². The minimum absolute atomic E-state index is 0.0832. The SMILES string of the molecule is CCOc1nc(Cl)nc(-c2ccco2)n1. The number of nitrogens with zero attached hydrogens (tertiary/aromatic N) is 3. The number of aromatic nitrogens is 3. The van der Waals surface area contributed by atoms with Gasteiger partial charge in [-0.15, -0.1) is 0 Å². The highest BCUT2D eigenvalue weighted by Gasteiger charge is 2.09. The number of hydrogen-bond donors (Lipinski definition) is 0. The predicted octanol–water partition coefficient (Wildman–Crippen LogP) is 2.18. The van der Waals surface area contributed by atoms with Crippen LogP contribution in [-0.4, -0.2) is 21.6 Å². The third-order valence-electron chi connectivity index (χ3n) is 1.60. The number of furan rings is 1. The summed E-state index contributed by atoms with van der Waals surface area (Å²) in [6.45, 7) is 2.31. The molecule has 0 aliphatic rings. The third kappa shape index (κ3) is 2.24. The van der Waals surface area contributed by atoms with Crippen LogP contribution in [0.25, 0.3) is 11.6 Å². The molecule has 2 aromatic heterocycles. The van der Waals surface area contributed by atoms with Crippen molar-refractivity contribution in [2.24, 2.45) is 0 Å². The van der Waals surface area contributed by atoms with Crippen molar-refractivity contribution in [1.29, 1.82) is 0 Å². The summed E-state index contributed by atoms with van der Waals surface area (Å²) < 4.78 is 10.3. The molecular formula is C9H8ClN3O2. The summed E-state index contributed by atoms with van der Waals surface area (Å²) in [6, 6.07) is 3.68. The van der Waals surface area contributed by atoms with E-state index in [9.17, 15) is 0 Å². The van der Waals surface area contributed by atoms with Crippen LogP contribution < -0.4 is 4.74 Å². The Balaban J connectivity index is 2.40. The van der Waals surface area contributed by atoms with E-state index in [-0.39, 0.29) is 11.3 Å². The molecule has 2 aromatic rings. The second kappa shape index (κ2) is 4.27. The Morgan fingerprint density at radius 1 is 1.40 bits per heavy atom. The topological polar surface area (TPSA) is 61.0 Å². The molecular weight excluding hydrogens is 218 g/mol. The lowest BCUT2D eigenvalue weighted by atomic mass is 10.4. The molecule has 2 rings (SSSR count). The number of rotatable bonds is 3. The monoisotopic (exact) mass is 225 g/mol. The molecule has 6 heteroatoms. The zero-order chi connectivity index (χ0) is 10.7. The smallest absolute Gasteiger partial charge is 0.321 e. The van der Waals surface area contributed by atoms with Crippen molar-refractivity contribution < 1.29 is 9.15 Å². The van der Waals surface area contributed by atoms with Gasteiger partial charge in [0.25, 0.3) is 0 Å². The Bertz CT molecular complexity index is 445. The first-order valence-corrected chi connectivity index (χ1v) is 4.75. The van der Waals surface area contributed by atoms with E-state index in [0.717, 1.165) is 0 Å². The van der Waals surface area contributed by atoms with Gasteiger partial charge in [0.2, 0.25) is 11.1 Å². The molecule has 0 aromatic carbocycles. The summed E-state index contributed by atoms with van der Waals surface area (Å²) in [6.07, 6.45) is 1.54. The highest BCUT2D eigenvalue weighted by Crippen LogP contribution is 2.18. The lowest BCUT2D eigenvalue weighted by Gasteiger charge is -2.01. The average molecular weight is 226 g/mol. The standard InChI is InChI=1S/C9H8ClN3O2/c1-2-14-9-12-7(11-8(10)13-9)6-4-3-5-15-6/h3-5H,2H2,1H3. The van der Waals surface area contributed by atoms with Crippen LogP contribution in [0, 0.1) is 0 Å². The molecule has 0 amide bonds. The Labute approximate surface area is 91.1 Å². The second-order valence-corrected chi connectivity index (χ2v) is 2.96. The molecule has 0 bridgehead atoms. The van der Waals surface area contributed by atoms with E-state index in [1.807, 2.05) is 6.92 Å². The molecule has 15 heavy (non-hydrogen) atoms. The first-order valence-electron chi connectivity index (χ1n) is 4.38. The first kappa shape index (κ1) is 9.92. The van der Waals surface area contributed by atoms with E-state index in [2.05, 4.69) is 15.0 Å². The van der Waals surface area contributed by atoms with Gasteiger partial charge in [0.1, 0.15) is 0 Å². The molecule has 0 radical (unpaired) electrons. The van der Waals surface area contributed by atoms with Crippen molar-refractivity contribution in [3.63, 3.8) is 0 Å². The quantitative estimate of drug-likeness (QED) is 0.801. The van der Waals surface area contributed by atoms with Gasteiger partial charge >= 0.3 is 6.01 Å². The van der Waals surface area contributed by atoms with Gasteiger partial charge < -0.3 is 9.15 Å². The molecule has 0 saturated heterocycles. The maximum atomic E-state index is 5.72. The summed E-state index contributed by atoms with van der Waals surface area (Å²) in [5, 5.41) is 0.0832. The minimum Gasteiger partial charge on any atom is -0.464 e. The van der Waals surface area contributed by atoms with Crippen LogP contribution in [0.4, 0.5) is 0 Å². The fraction of sp³-hybridized carbons (Fsp3) is 0.222. The zero-order valence-corrected chi connectivity index (χ0v) is 8.73.